The number of rotatable bonds is 6. The number of Topliss-reactive ketones (excluding diaryl/α,β-unsaturated/α-hetero) is 1. The number of benzene rings is 1. The minimum absolute atomic E-state index is 0.123. The summed E-state index contributed by atoms with van der Waals surface area (Å²) in [5.41, 5.74) is 3.11. The van der Waals surface area contributed by atoms with Gasteiger partial charge >= 0.3 is 0 Å². The molecule has 0 fully saturated rings. The van der Waals surface area contributed by atoms with Crippen molar-refractivity contribution in [2.24, 2.45) is 0 Å². The molecule has 6 heteroatoms. The van der Waals surface area contributed by atoms with Crippen molar-refractivity contribution in [1.82, 2.24) is 10.2 Å². The molecule has 0 aliphatic heterocycles. The smallest absolute Gasteiger partial charge is 0.206 e. The van der Waals surface area contributed by atoms with Crippen LogP contribution in [0.15, 0.2) is 22.5 Å². The van der Waals surface area contributed by atoms with E-state index in [-0.39, 0.29) is 5.78 Å². The first kappa shape index (κ1) is 15.0. The molecule has 1 heterocycles. The molecule has 2 rings (SSSR count). The van der Waals surface area contributed by atoms with Crippen molar-refractivity contribution in [3.8, 4) is 0 Å². The lowest BCUT2D eigenvalue weighted by molar-refractivity contribution is 0.102. The van der Waals surface area contributed by atoms with Gasteiger partial charge in [0.15, 0.2) is 10.1 Å². The normalized spacial score (nSPS) is 10.6. The van der Waals surface area contributed by atoms with Crippen LogP contribution in [0, 0.1) is 13.8 Å². The lowest BCUT2D eigenvalue weighted by Gasteiger charge is -2.03. The molecular formula is C14H17N3OS2. The van der Waals surface area contributed by atoms with E-state index in [1.165, 1.54) is 28.7 Å². The van der Waals surface area contributed by atoms with E-state index in [4.69, 9.17) is 0 Å². The number of carbonyl (C=O) groups excluding carboxylic acids is 1. The molecule has 4 nitrogen and oxygen atoms in total. The number of carbonyl (C=O) groups is 1. The molecule has 0 saturated heterocycles. The second-order valence-electron chi connectivity index (χ2n) is 4.41. The Kier molecular flexibility index (Phi) is 5.14. The van der Waals surface area contributed by atoms with Crippen molar-refractivity contribution in [1.29, 1.82) is 0 Å². The van der Waals surface area contributed by atoms with Gasteiger partial charge in [-0.05, 0) is 38.0 Å². The number of anilines is 1. The maximum atomic E-state index is 12.1. The van der Waals surface area contributed by atoms with Crippen molar-refractivity contribution in [2.45, 2.75) is 25.1 Å². The fraction of sp³-hybridized carbons (Fsp3) is 0.357. The molecule has 0 amide bonds. The van der Waals surface area contributed by atoms with E-state index in [0.717, 1.165) is 27.1 Å². The van der Waals surface area contributed by atoms with Gasteiger partial charge in [0.25, 0.3) is 0 Å². The summed E-state index contributed by atoms with van der Waals surface area (Å²) in [6.45, 7) is 6.90. The van der Waals surface area contributed by atoms with Gasteiger partial charge in [-0.1, -0.05) is 35.2 Å². The predicted octanol–water partition coefficient (Wildman–Crippen LogP) is 3.56. The molecule has 0 radical (unpaired) electrons. The SMILES string of the molecule is CCNc1nnc(SCC(=O)c2ccc(C)c(C)c2)s1. The largest absolute Gasteiger partial charge is 0.360 e. The van der Waals surface area contributed by atoms with E-state index in [1.807, 2.05) is 39.0 Å². The summed E-state index contributed by atoms with van der Waals surface area (Å²) in [5, 5.41) is 12.0. The first-order valence-electron chi connectivity index (χ1n) is 6.40. The minimum Gasteiger partial charge on any atom is -0.360 e. The number of ketones is 1. The zero-order valence-electron chi connectivity index (χ0n) is 11.8. The van der Waals surface area contributed by atoms with Crippen LogP contribution >= 0.6 is 23.1 Å². The van der Waals surface area contributed by atoms with Gasteiger partial charge in [0, 0.05) is 12.1 Å². The van der Waals surface area contributed by atoms with Crippen LogP contribution in [0.4, 0.5) is 5.13 Å². The third-order valence-corrected chi connectivity index (χ3v) is 4.90. The number of aryl methyl sites for hydroxylation is 2. The van der Waals surface area contributed by atoms with E-state index >= 15 is 0 Å². The van der Waals surface area contributed by atoms with E-state index < -0.39 is 0 Å². The molecule has 1 aromatic heterocycles. The first-order chi connectivity index (χ1) is 9.60. The van der Waals surface area contributed by atoms with Crippen LogP contribution in [-0.4, -0.2) is 28.3 Å². The Labute approximate surface area is 127 Å². The maximum Gasteiger partial charge on any atom is 0.206 e. The lowest BCUT2D eigenvalue weighted by Crippen LogP contribution is -2.03. The Morgan fingerprint density at radius 2 is 2.10 bits per heavy atom. The van der Waals surface area contributed by atoms with Crippen molar-refractivity contribution in [3.05, 3.63) is 34.9 Å². The maximum absolute atomic E-state index is 12.1. The molecule has 0 bridgehead atoms. The average Bonchev–Trinajstić information content (AvgIpc) is 2.87. The number of aromatic nitrogens is 2. The molecule has 0 atom stereocenters. The Bertz CT molecular complexity index is 610. The van der Waals surface area contributed by atoms with Gasteiger partial charge in [-0.2, -0.15) is 0 Å². The van der Waals surface area contributed by atoms with Crippen LogP contribution < -0.4 is 5.32 Å². The first-order valence-corrected chi connectivity index (χ1v) is 8.21. The average molecular weight is 307 g/mol. The van der Waals surface area contributed by atoms with Crippen LogP contribution in [0.5, 0.6) is 0 Å². The Balaban J connectivity index is 1.95. The summed E-state index contributed by atoms with van der Waals surface area (Å²) in [5.74, 6) is 0.516. The van der Waals surface area contributed by atoms with Crippen LogP contribution in [0.3, 0.4) is 0 Å². The summed E-state index contributed by atoms with van der Waals surface area (Å²) in [7, 11) is 0. The fourth-order valence-corrected chi connectivity index (χ4v) is 3.33. The molecule has 20 heavy (non-hydrogen) atoms. The monoisotopic (exact) mass is 307 g/mol. The third kappa shape index (κ3) is 3.80. The molecule has 106 valence electrons. The third-order valence-electron chi connectivity index (χ3n) is 2.89. The molecular weight excluding hydrogens is 290 g/mol. The summed E-state index contributed by atoms with van der Waals surface area (Å²) < 4.78 is 0.818. The van der Waals surface area contributed by atoms with E-state index in [2.05, 4.69) is 15.5 Å². The van der Waals surface area contributed by atoms with Crippen molar-refractivity contribution in [2.75, 3.05) is 17.6 Å². The Hall–Kier alpha value is -1.40. The number of nitrogens with zero attached hydrogens (tertiary/aromatic N) is 2. The van der Waals surface area contributed by atoms with Gasteiger partial charge in [-0.25, -0.2) is 0 Å². The van der Waals surface area contributed by atoms with Gasteiger partial charge in [0.05, 0.1) is 5.75 Å². The van der Waals surface area contributed by atoms with Crippen LogP contribution in [0.1, 0.15) is 28.4 Å². The highest BCUT2D eigenvalue weighted by molar-refractivity contribution is 8.01. The quantitative estimate of drug-likeness (QED) is 0.653. The van der Waals surface area contributed by atoms with Gasteiger partial charge in [0.2, 0.25) is 5.13 Å². The second-order valence-corrected chi connectivity index (χ2v) is 6.61. The summed E-state index contributed by atoms with van der Waals surface area (Å²) >= 11 is 2.91. The molecule has 0 aliphatic rings. The van der Waals surface area contributed by atoms with E-state index in [0.29, 0.717) is 5.75 Å². The highest BCUT2D eigenvalue weighted by atomic mass is 32.2. The zero-order chi connectivity index (χ0) is 14.5. The topological polar surface area (TPSA) is 54.9 Å². The van der Waals surface area contributed by atoms with Crippen LogP contribution in [0.25, 0.3) is 0 Å². The minimum atomic E-state index is 0.123. The molecule has 1 N–H and O–H groups in total. The van der Waals surface area contributed by atoms with Gasteiger partial charge in [-0.3, -0.25) is 4.79 Å². The highest BCUT2D eigenvalue weighted by Gasteiger charge is 2.10. The summed E-state index contributed by atoms with van der Waals surface area (Å²) in [6.07, 6.45) is 0. The van der Waals surface area contributed by atoms with Gasteiger partial charge in [-0.15, -0.1) is 10.2 Å². The standard InChI is InChI=1S/C14H17N3OS2/c1-4-15-13-16-17-14(20-13)19-8-12(18)11-6-5-9(2)10(3)7-11/h5-7H,4,8H2,1-3H3,(H,15,16). The van der Waals surface area contributed by atoms with Crippen molar-refractivity contribution < 1.29 is 4.79 Å². The number of hydrogen-bond donors (Lipinski definition) is 1. The van der Waals surface area contributed by atoms with Crippen molar-refractivity contribution in [3.63, 3.8) is 0 Å². The number of nitrogens with one attached hydrogen (secondary N) is 1. The number of hydrogen-bond acceptors (Lipinski definition) is 6. The summed E-state index contributed by atoms with van der Waals surface area (Å²) in [4.78, 5) is 12.1. The van der Waals surface area contributed by atoms with Gasteiger partial charge in [0.1, 0.15) is 0 Å². The molecule has 0 spiro atoms. The second kappa shape index (κ2) is 6.85. The van der Waals surface area contributed by atoms with Crippen LogP contribution in [-0.2, 0) is 0 Å². The molecule has 1 aromatic carbocycles. The molecule has 2 aromatic rings. The fourth-order valence-electron chi connectivity index (χ4n) is 1.62. The Morgan fingerprint density at radius 1 is 1.30 bits per heavy atom. The molecule has 0 unspecified atom stereocenters. The predicted molar refractivity (Wildman–Crippen MR) is 85.0 cm³/mol. The van der Waals surface area contributed by atoms with Gasteiger partial charge < -0.3 is 5.32 Å². The van der Waals surface area contributed by atoms with Crippen LogP contribution in [0.2, 0.25) is 0 Å². The zero-order valence-corrected chi connectivity index (χ0v) is 13.4. The lowest BCUT2D eigenvalue weighted by atomic mass is 10.0. The highest BCUT2D eigenvalue weighted by Crippen LogP contribution is 2.26. The van der Waals surface area contributed by atoms with Crippen molar-refractivity contribution >= 4 is 34.0 Å². The molecule has 0 aliphatic carbocycles. The summed E-state index contributed by atoms with van der Waals surface area (Å²) in [6, 6.07) is 5.82. The Morgan fingerprint density at radius 3 is 2.80 bits per heavy atom. The van der Waals surface area contributed by atoms with E-state index in [1.54, 1.807) is 0 Å². The number of thioether (sulfide) groups is 1. The molecule has 0 saturated carbocycles. The van der Waals surface area contributed by atoms with E-state index in [9.17, 15) is 4.79 Å².